The Balaban J connectivity index is 2.04. The summed E-state index contributed by atoms with van der Waals surface area (Å²) in [5.74, 6) is 0.936. The molecule has 0 saturated carbocycles. The van der Waals surface area contributed by atoms with Gasteiger partial charge in [-0.05, 0) is 37.6 Å². The van der Waals surface area contributed by atoms with Gasteiger partial charge in [-0.1, -0.05) is 6.07 Å². The Bertz CT molecular complexity index is 490. The van der Waals surface area contributed by atoms with E-state index < -0.39 is 0 Å². The highest BCUT2D eigenvalue weighted by atomic mass is 16.1. The van der Waals surface area contributed by atoms with Crippen LogP contribution >= 0.6 is 0 Å². The Labute approximate surface area is 94.1 Å². The van der Waals surface area contributed by atoms with Gasteiger partial charge in [-0.3, -0.25) is 0 Å². The Hall–Kier alpha value is -1.68. The van der Waals surface area contributed by atoms with Crippen molar-refractivity contribution in [3.05, 3.63) is 29.6 Å². The molecular formula is C12H15N3O. The molecule has 84 valence electrons. The van der Waals surface area contributed by atoms with Crippen LogP contribution in [-0.4, -0.2) is 29.3 Å². The average Bonchev–Trinajstić information content (AvgIpc) is 2.64. The van der Waals surface area contributed by atoms with Crippen molar-refractivity contribution in [3.63, 3.8) is 0 Å². The first-order valence-electron chi connectivity index (χ1n) is 5.39. The lowest BCUT2D eigenvalue weighted by Crippen LogP contribution is -2.19. The smallest absolute Gasteiger partial charge is 0.133 e. The number of rotatable bonds is 5. The van der Waals surface area contributed by atoms with Gasteiger partial charge in [-0.15, -0.1) is 0 Å². The van der Waals surface area contributed by atoms with E-state index in [9.17, 15) is 4.79 Å². The van der Waals surface area contributed by atoms with E-state index in [4.69, 9.17) is 0 Å². The molecule has 0 spiro atoms. The third-order valence-electron chi connectivity index (χ3n) is 2.48. The number of hydrogen-bond acceptors (Lipinski definition) is 3. The van der Waals surface area contributed by atoms with E-state index in [1.807, 2.05) is 13.0 Å². The van der Waals surface area contributed by atoms with E-state index in [2.05, 4.69) is 27.4 Å². The molecule has 1 aromatic carbocycles. The molecule has 0 fully saturated rings. The molecule has 0 amide bonds. The molecule has 0 saturated heterocycles. The predicted octanol–water partition coefficient (Wildman–Crippen LogP) is 1.20. The quantitative estimate of drug-likeness (QED) is 0.584. The van der Waals surface area contributed by atoms with Crippen molar-refractivity contribution in [2.45, 2.75) is 13.3 Å². The van der Waals surface area contributed by atoms with Crippen molar-refractivity contribution >= 4 is 17.3 Å². The summed E-state index contributed by atoms with van der Waals surface area (Å²) < 4.78 is 0. The zero-order valence-corrected chi connectivity index (χ0v) is 9.29. The number of nitrogens with zero attached hydrogens (tertiary/aromatic N) is 1. The van der Waals surface area contributed by atoms with Crippen LogP contribution in [0.3, 0.4) is 0 Å². The number of carbonyl (C=O) groups excluding carboxylic acids is 1. The SMILES string of the molecule is Cc1nc2ccc(CCNCC=O)cc2[nH]1. The number of aromatic nitrogens is 2. The number of fused-ring (bicyclic) bond motifs is 1. The molecule has 0 aliphatic carbocycles. The summed E-state index contributed by atoms with van der Waals surface area (Å²) in [5.41, 5.74) is 3.32. The standard InChI is InChI=1S/C12H15N3O/c1-9-14-11-3-2-10(8-12(11)15-9)4-5-13-6-7-16/h2-3,7-8,13H,4-6H2,1H3,(H,14,15). The Morgan fingerprint density at radius 3 is 3.19 bits per heavy atom. The molecule has 4 nitrogen and oxygen atoms in total. The molecule has 4 heteroatoms. The van der Waals surface area contributed by atoms with Gasteiger partial charge in [0.1, 0.15) is 12.1 Å². The van der Waals surface area contributed by atoms with Gasteiger partial charge in [-0.2, -0.15) is 0 Å². The summed E-state index contributed by atoms with van der Waals surface area (Å²) in [7, 11) is 0. The van der Waals surface area contributed by atoms with Gasteiger partial charge in [0.2, 0.25) is 0 Å². The number of hydrogen-bond donors (Lipinski definition) is 2. The van der Waals surface area contributed by atoms with Gasteiger partial charge in [0, 0.05) is 0 Å². The zero-order valence-electron chi connectivity index (χ0n) is 9.29. The van der Waals surface area contributed by atoms with Gasteiger partial charge in [0.25, 0.3) is 0 Å². The highest BCUT2D eigenvalue weighted by Gasteiger charge is 2.00. The molecule has 0 aliphatic rings. The van der Waals surface area contributed by atoms with Crippen LogP contribution in [0.5, 0.6) is 0 Å². The molecule has 16 heavy (non-hydrogen) atoms. The first kappa shape index (κ1) is 10.8. The maximum Gasteiger partial charge on any atom is 0.133 e. The average molecular weight is 217 g/mol. The monoisotopic (exact) mass is 217 g/mol. The maximum absolute atomic E-state index is 10.1. The first-order valence-corrected chi connectivity index (χ1v) is 5.39. The van der Waals surface area contributed by atoms with Gasteiger partial charge in [0.05, 0.1) is 17.6 Å². The second-order valence-electron chi connectivity index (χ2n) is 3.79. The van der Waals surface area contributed by atoms with E-state index in [0.717, 1.165) is 36.1 Å². The van der Waals surface area contributed by atoms with Gasteiger partial charge in [-0.25, -0.2) is 4.98 Å². The predicted molar refractivity (Wildman–Crippen MR) is 63.5 cm³/mol. The number of imidazole rings is 1. The normalized spacial score (nSPS) is 10.8. The number of aromatic amines is 1. The topological polar surface area (TPSA) is 57.8 Å². The fourth-order valence-corrected chi connectivity index (χ4v) is 1.73. The van der Waals surface area contributed by atoms with Crippen molar-refractivity contribution in [2.75, 3.05) is 13.1 Å². The maximum atomic E-state index is 10.1. The van der Waals surface area contributed by atoms with Crippen LogP contribution in [-0.2, 0) is 11.2 Å². The van der Waals surface area contributed by atoms with Gasteiger partial charge >= 0.3 is 0 Å². The summed E-state index contributed by atoms with van der Waals surface area (Å²) in [4.78, 5) is 17.7. The molecule has 2 rings (SSSR count). The molecule has 2 aromatic rings. The van der Waals surface area contributed by atoms with Gasteiger partial charge < -0.3 is 15.1 Å². The minimum atomic E-state index is 0.422. The molecule has 0 bridgehead atoms. The zero-order chi connectivity index (χ0) is 11.4. The highest BCUT2D eigenvalue weighted by Crippen LogP contribution is 2.13. The van der Waals surface area contributed by atoms with Crippen LogP contribution in [0.15, 0.2) is 18.2 Å². The summed E-state index contributed by atoms with van der Waals surface area (Å²) >= 11 is 0. The number of nitrogens with one attached hydrogen (secondary N) is 2. The lowest BCUT2D eigenvalue weighted by Gasteiger charge is -2.01. The number of carbonyl (C=O) groups is 1. The first-order chi connectivity index (χ1) is 7.79. The Morgan fingerprint density at radius 1 is 1.50 bits per heavy atom. The minimum absolute atomic E-state index is 0.422. The number of benzene rings is 1. The van der Waals surface area contributed by atoms with Crippen LogP contribution in [0.2, 0.25) is 0 Å². The molecule has 0 aliphatic heterocycles. The molecule has 1 heterocycles. The highest BCUT2D eigenvalue weighted by molar-refractivity contribution is 5.75. The van der Waals surface area contributed by atoms with Crippen molar-refractivity contribution in [1.29, 1.82) is 0 Å². The Morgan fingerprint density at radius 2 is 2.38 bits per heavy atom. The van der Waals surface area contributed by atoms with Crippen molar-refractivity contribution < 1.29 is 4.79 Å². The molecule has 0 radical (unpaired) electrons. The van der Waals surface area contributed by atoms with Gasteiger partial charge in [0.15, 0.2) is 0 Å². The van der Waals surface area contributed by atoms with Crippen molar-refractivity contribution in [2.24, 2.45) is 0 Å². The lowest BCUT2D eigenvalue weighted by molar-refractivity contribution is -0.107. The van der Waals surface area contributed by atoms with E-state index >= 15 is 0 Å². The van der Waals surface area contributed by atoms with E-state index in [0.29, 0.717) is 6.54 Å². The van der Waals surface area contributed by atoms with Crippen molar-refractivity contribution in [3.8, 4) is 0 Å². The summed E-state index contributed by atoms with van der Waals surface area (Å²) in [6.45, 7) is 3.19. The van der Waals surface area contributed by atoms with Crippen LogP contribution in [0.1, 0.15) is 11.4 Å². The summed E-state index contributed by atoms with van der Waals surface area (Å²) in [6.07, 6.45) is 1.79. The van der Waals surface area contributed by atoms with Crippen LogP contribution < -0.4 is 5.32 Å². The lowest BCUT2D eigenvalue weighted by atomic mass is 10.1. The van der Waals surface area contributed by atoms with Crippen LogP contribution in [0, 0.1) is 6.92 Å². The number of H-pyrrole nitrogens is 1. The minimum Gasteiger partial charge on any atom is -0.342 e. The molecule has 0 atom stereocenters. The number of aldehydes is 1. The van der Waals surface area contributed by atoms with E-state index in [1.54, 1.807) is 0 Å². The number of aryl methyl sites for hydroxylation is 1. The molecular weight excluding hydrogens is 202 g/mol. The molecule has 0 unspecified atom stereocenters. The van der Waals surface area contributed by atoms with Crippen molar-refractivity contribution in [1.82, 2.24) is 15.3 Å². The largest absolute Gasteiger partial charge is 0.342 e. The Kier molecular flexibility index (Phi) is 3.31. The van der Waals surface area contributed by atoms with Crippen LogP contribution in [0.4, 0.5) is 0 Å². The fourth-order valence-electron chi connectivity index (χ4n) is 1.73. The molecule has 2 N–H and O–H groups in total. The molecule has 1 aromatic heterocycles. The van der Waals surface area contributed by atoms with Crippen LogP contribution in [0.25, 0.3) is 11.0 Å². The third kappa shape index (κ3) is 2.46. The summed E-state index contributed by atoms with van der Waals surface area (Å²) in [5, 5.41) is 3.04. The summed E-state index contributed by atoms with van der Waals surface area (Å²) in [6, 6.07) is 6.21. The second-order valence-corrected chi connectivity index (χ2v) is 3.79. The van der Waals surface area contributed by atoms with E-state index in [1.165, 1.54) is 5.56 Å². The fraction of sp³-hybridized carbons (Fsp3) is 0.333. The third-order valence-corrected chi connectivity index (χ3v) is 2.48. The van der Waals surface area contributed by atoms with E-state index in [-0.39, 0.29) is 0 Å². The second kappa shape index (κ2) is 4.90.